The van der Waals surface area contributed by atoms with Crippen LogP contribution in [0.4, 0.5) is 11.4 Å². The lowest BCUT2D eigenvalue weighted by molar-refractivity contribution is 0.578. The molecule has 0 amide bonds. The Hall–Kier alpha value is -7.04. The zero-order valence-corrected chi connectivity index (χ0v) is 37.5. The van der Waals surface area contributed by atoms with Crippen molar-refractivity contribution in [3.8, 4) is 71.0 Å². The highest BCUT2D eigenvalue weighted by molar-refractivity contribution is 6.90. The van der Waals surface area contributed by atoms with Crippen LogP contribution in [0.2, 0.25) is 16.6 Å². The molecule has 0 aliphatic heterocycles. The van der Waals surface area contributed by atoms with Crippen molar-refractivity contribution < 1.29 is 0 Å². The first-order valence-corrected chi connectivity index (χ1v) is 22.6. The van der Waals surface area contributed by atoms with Gasteiger partial charge in [0.1, 0.15) is 8.07 Å². The second kappa shape index (κ2) is 19.6. The molecule has 5 heteroatoms. The van der Waals surface area contributed by atoms with E-state index in [1.807, 2.05) is 125 Å². The van der Waals surface area contributed by atoms with Crippen LogP contribution < -0.4 is 9.80 Å². The zero-order chi connectivity index (χ0) is 43.5. The summed E-state index contributed by atoms with van der Waals surface area (Å²) < 4.78 is 0. The third-order valence-corrected chi connectivity index (χ3v) is 17.6. The van der Waals surface area contributed by atoms with Gasteiger partial charge in [0.05, 0.1) is 23.3 Å². The fourth-order valence-electron chi connectivity index (χ4n) is 8.00. The van der Waals surface area contributed by atoms with Crippen LogP contribution in [0.25, 0.3) is 5.57 Å². The average Bonchev–Trinajstić information content (AvgIpc) is 3.35. The number of rotatable bonds is 6. The molecule has 2 aliphatic rings. The van der Waals surface area contributed by atoms with Crippen molar-refractivity contribution in [2.75, 3.05) is 38.0 Å². The van der Waals surface area contributed by atoms with Crippen LogP contribution in [-0.2, 0) is 0 Å². The summed E-state index contributed by atoms with van der Waals surface area (Å²) in [6, 6.07) is 28.6. The number of hydrogen-bond acceptors (Lipinski definition) is 4. The Kier molecular flexibility index (Phi) is 14.4. The molecule has 0 saturated heterocycles. The van der Waals surface area contributed by atoms with Crippen molar-refractivity contribution >= 4 is 25.0 Å². The van der Waals surface area contributed by atoms with E-state index < -0.39 is 13.5 Å². The number of fused-ring (bicyclic) bond motifs is 1. The Morgan fingerprint density at radius 3 is 1.55 bits per heavy atom. The summed E-state index contributed by atoms with van der Waals surface area (Å²) in [5.74, 6) is 29.3. The molecule has 296 valence electrons. The van der Waals surface area contributed by atoms with E-state index >= 15 is 0 Å². The highest BCUT2D eigenvalue weighted by Gasteiger charge is 2.48. The predicted octanol–water partition coefficient (Wildman–Crippen LogP) is 10.9. The Labute approximate surface area is 360 Å². The molecule has 1 unspecified atom stereocenters. The first-order chi connectivity index (χ1) is 28.7. The summed E-state index contributed by atoms with van der Waals surface area (Å²) in [6.45, 7) is 13.8. The lowest BCUT2D eigenvalue weighted by atomic mass is 9.73. The van der Waals surface area contributed by atoms with Crippen LogP contribution >= 0.6 is 0 Å². The average molecular weight is 797 g/mol. The third kappa shape index (κ3) is 9.79. The summed E-state index contributed by atoms with van der Waals surface area (Å²) in [6.07, 6.45) is 11.6. The number of allylic oxidation sites excluding steroid dienone is 10. The van der Waals surface area contributed by atoms with E-state index in [2.05, 4.69) is 134 Å². The molecule has 1 atom stereocenters. The second-order valence-corrected chi connectivity index (χ2v) is 21.9. The Balaban J connectivity index is 1.62. The number of benzene rings is 3. The molecule has 5 rings (SSSR count). The van der Waals surface area contributed by atoms with Crippen LogP contribution in [0.15, 0.2) is 126 Å². The van der Waals surface area contributed by atoms with E-state index in [1.165, 1.54) is 0 Å². The van der Waals surface area contributed by atoms with Gasteiger partial charge in [0, 0.05) is 62.2 Å². The molecular weight excluding hydrogens is 745 g/mol. The van der Waals surface area contributed by atoms with Crippen molar-refractivity contribution in [2.24, 2.45) is 11.3 Å². The maximum absolute atomic E-state index is 10.3. The smallest absolute Gasteiger partial charge is 0.179 e. The molecule has 0 radical (unpaired) electrons. The summed E-state index contributed by atoms with van der Waals surface area (Å²) in [7, 11) is 5.93. The molecule has 0 fully saturated rings. The summed E-state index contributed by atoms with van der Waals surface area (Å²) in [5.41, 5.74) is 12.1. The molecule has 3 aromatic carbocycles. The third-order valence-electron chi connectivity index (χ3n) is 11.3. The van der Waals surface area contributed by atoms with Gasteiger partial charge in [-0.25, -0.2) is 0 Å². The maximum atomic E-state index is 10.3. The maximum Gasteiger partial charge on any atom is 0.179 e. The highest BCUT2D eigenvalue weighted by Crippen LogP contribution is 2.51. The molecule has 0 N–H and O–H groups in total. The lowest BCUT2D eigenvalue weighted by Gasteiger charge is -2.38. The summed E-state index contributed by atoms with van der Waals surface area (Å²) >= 11 is 0. The molecular formula is C55H52N4Si. The van der Waals surface area contributed by atoms with Gasteiger partial charge < -0.3 is 9.80 Å². The minimum absolute atomic E-state index is 0.335. The van der Waals surface area contributed by atoms with E-state index in [9.17, 15) is 10.5 Å². The number of hydrogen-bond donors (Lipinski definition) is 0. The van der Waals surface area contributed by atoms with Gasteiger partial charge in [-0.15, -0.1) is 5.54 Å². The molecule has 0 heterocycles. The summed E-state index contributed by atoms with van der Waals surface area (Å²) in [5, 5.41) is 20.6. The van der Waals surface area contributed by atoms with Crippen molar-refractivity contribution in [2.45, 2.75) is 58.2 Å². The van der Waals surface area contributed by atoms with Crippen LogP contribution in [0.1, 0.15) is 63.8 Å². The molecule has 0 bridgehead atoms. The largest absolute Gasteiger partial charge is 0.378 e. The van der Waals surface area contributed by atoms with Crippen molar-refractivity contribution in [1.29, 1.82) is 10.5 Å². The van der Waals surface area contributed by atoms with Gasteiger partial charge in [-0.05, 0) is 112 Å². The van der Waals surface area contributed by atoms with E-state index in [-0.39, 0.29) is 5.92 Å². The van der Waals surface area contributed by atoms with Crippen molar-refractivity contribution in [1.82, 2.24) is 0 Å². The standard InChI is InChI=1S/C55H52N4Si/c1-41(2)60(42(3)4,43(5)6)37-36-48(29-21-46-26-34-52(35-27-46)59(9)10)47(28-20-45-24-32-51(33-25-45)58(7)8)17-15-14-16-44-22-30-49(31-23-44)54-38-50-18-12-11-13-19-53(50)55(54,39-56)40-57/h11-13,18-19,22-27,30-35,38,41-43,53H,1-10H3/b48-47-. The number of nitrogens with zero attached hydrogens (tertiary/aromatic N) is 4. The van der Waals surface area contributed by atoms with E-state index in [0.717, 1.165) is 39.2 Å². The van der Waals surface area contributed by atoms with Gasteiger partial charge in [-0.1, -0.05) is 126 Å². The normalized spacial score (nSPS) is 14.9. The molecule has 0 spiro atoms. The zero-order valence-electron chi connectivity index (χ0n) is 36.5. The van der Waals surface area contributed by atoms with Crippen molar-refractivity contribution in [3.63, 3.8) is 0 Å². The quantitative estimate of drug-likeness (QED) is 0.184. The van der Waals surface area contributed by atoms with Gasteiger partial charge >= 0.3 is 0 Å². The molecule has 2 aliphatic carbocycles. The second-order valence-electron chi connectivity index (χ2n) is 16.4. The highest BCUT2D eigenvalue weighted by atomic mass is 28.3. The minimum atomic E-state index is -2.14. The molecule has 3 aromatic rings. The first kappa shape index (κ1) is 44.1. The van der Waals surface area contributed by atoms with Gasteiger partial charge in [0.25, 0.3) is 0 Å². The molecule has 0 aromatic heterocycles. The number of nitriles is 2. The predicted molar refractivity (Wildman–Crippen MR) is 254 cm³/mol. The van der Waals surface area contributed by atoms with Gasteiger partial charge in [-0.2, -0.15) is 10.5 Å². The Morgan fingerprint density at radius 2 is 1.07 bits per heavy atom. The Morgan fingerprint density at radius 1 is 0.583 bits per heavy atom. The van der Waals surface area contributed by atoms with Crippen LogP contribution in [0.5, 0.6) is 0 Å². The Bertz CT molecular complexity index is 2620. The van der Waals surface area contributed by atoms with Crippen LogP contribution in [0.3, 0.4) is 0 Å². The van der Waals surface area contributed by atoms with Gasteiger partial charge in [0.15, 0.2) is 5.41 Å². The SMILES string of the molecule is CC(C)[Si](C#C/C(C#Cc1ccc(N(C)C)cc1)=C(/C#CC#Cc1ccc(C2=CC3=CC=CC=CC3C2(C#N)C#N)cc1)C#Cc1ccc(N(C)C)cc1)(C(C)C)C(C)C. The first-order valence-electron chi connectivity index (χ1n) is 20.3. The van der Waals surface area contributed by atoms with E-state index in [4.69, 9.17) is 0 Å². The monoisotopic (exact) mass is 796 g/mol. The molecule has 4 nitrogen and oxygen atoms in total. The van der Waals surface area contributed by atoms with E-state index in [0.29, 0.717) is 33.3 Å². The fraction of sp³-hybridized carbons (Fsp3) is 0.273. The van der Waals surface area contributed by atoms with Crippen LogP contribution in [-0.4, -0.2) is 36.3 Å². The summed E-state index contributed by atoms with van der Waals surface area (Å²) in [4.78, 5) is 4.12. The topological polar surface area (TPSA) is 54.1 Å². The lowest BCUT2D eigenvalue weighted by Crippen LogP contribution is -2.43. The minimum Gasteiger partial charge on any atom is -0.378 e. The van der Waals surface area contributed by atoms with Crippen LogP contribution in [0, 0.1) is 92.8 Å². The van der Waals surface area contributed by atoms with Gasteiger partial charge in [0.2, 0.25) is 0 Å². The molecule has 60 heavy (non-hydrogen) atoms. The van der Waals surface area contributed by atoms with E-state index in [1.54, 1.807) is 0 Å². The fourth-order valence-corrected chi connectivity index (χ4v) is 13.2. The molecule has 0 saturated carbocycles. The number of anilines is 2. The van der Waals surface area contributed by atoms with Crippen molar-refractivity contribution in [3.05, 3.63) is 148 Å². The van der Waals surface area contributed by atoms with Gasteiger partial charge in [-0.3, -0.25) is 0 Å².